The van der Waals surface area contributed by atoms with Crippen LogP contribution in [0.2, 0.25) is 0 Å². The van der Waals surface area contributed by atoms with Gasteiger partial charge in [-0.3, -0.25) is 4.79 Å². The molecule has 2 unspecified atom stereocenters. The van der Waals surface area contributed by atoms with E-state index in [0.717, 1.165) is 45.3 Å². The SMILES string of the molecule is COC1CCCN(C(=O)C2(C)CCCN2)C1. The highest BCUT2D eigenvalue weighted by Gasteiger charge is 2.40. The Morgan fingerprint density at radius 1 is 1.50 bits per heavy atom. The van der Waals surface area contributed by atoms with Crippen LogP contribution in [0.15, 0.2) is 0 Å². The second kappa shape index (κ2) is 4.72. The summed E-state index contributed by atoms with van der Waals surface area (Å²) in [5.74, 6) is 0.256. The van der Waals surface area contributed by atoms with E-state index in [2.05, 4.69) is 5.32 Å². The van der Waals surface area contributed by atoms with Crippen molar-refractivity contribution in [2.75, 3.05) is 26.7 Å². The molecule has 0 aromatic rings. The van der Waals surface area contributed by atoms with E-state index in [-0.39, 0.29) is 17.6 Å². The van der Waals surface area contributed by atoms with Crippen molar-refractivity contribution in [3.63, 3.8) is 0 Å². The van der Waals surface area contributed by atoms with Crippen LogP contribution in [0.5, 0.6) is 0 Å². The van der Waals surface area contributed by atoms with Gasteiger partial charge >= 0.3 is 0 Å². The van der Waals surface area contributed by atoms with Crippen molar-refractivity contribution in [2.24, 2.45) is 0 Å². The van der Waals surface area contributed by atoms with Gasteiger partial charge < -0.3 is 15.0 Å². The summed E-state index contributed by atoms with van der Waals surface area (Å²) in [5.41, 5.74) is -0.324. The quantitative estimate of drug-likeness (QED) is 0.756. The van der Waals surface area contributed by atoms with E-state index in [1.165, 1.54) is 0 Å². The lowest BCUT2D eigenvalue weighted by molar-refractivity contribution is -0.140. The summed E-state index contributed by atoms with van der Waals surface area (Å²) in [6.45, 7) is 4.63. The number of rotatable bonds is 2. The average molecular weight is 226 g/mol. The van der Waals surface area contributed by atoms with Gasteiger partial charge in [0.15, 0.2) is 0 Å². The lowest BCUT2D eigenvalue weighted by Crippen LogP contribution is -2.56. The summed E-state index contributed by atoms with van der Waals surface area (Å²) >= 11 is 0. The number of ether oxygens (including phenoxy) is 1. The van der Waals surface area contributed by atoms with Crippen molar-refractivity contribution < 1.29 is 9.53 Å². The van der Waals surface area contributed by atoms with E-state index >= 15 is 0 Å². The van der Waals surface area contributed by atoms with E-state index in [0.29, 0.717) is 0 Å². The summed E-state index contributed by atoms with van der Waals surface area (Å²) in [6.07, 6.45) is 4.41. The van der Waals surface area contributed by atoms with E-state index in [4.69, 9.17) is 4.74 Å². The molecule has 2 rings (SSSR count). The van der Waals surface area contributed by atoms with E-state index in [1.807, 2.05) is 11.8 Å². The number of hydrogen-bond acceptors (Lipinski definition) is 3. The van der Waals surface area contributed by atoms with Gasteiger partial charge in [0.2, 0.25) is 5.91 Å². The van der Waals surface area contributed by atoms with Crippen molar-refractivity contribution in [2.45, 2.75) is 44.2 Å². The molecule has 4 heteroatoms. The molecule has 0 aromatic carbocycles. The van der Waals surface area contributed by atoms with E-state index in [9.17, 15) is 4.79 Å². The summed E-state index contributed by atoms with van der Waals surface area (Å²) in [4.78, 5) is 14.4. The first-order chi connectivity index (χ1) is 7.65. The molecule has 1 N–H and O–H groups in total. The molecule has 4 nitrogen and oxygen atoms in total. The van der Waals surface area contributed by atoms with Gasteiger partial charge in [-0.25, -0.2) is 0 Å². The molecule has 2 saturated heterocycles. The first-order valence-corrected chi connectivity index (χ1v) is 6.23. The fourth-order valence-electron chi connectivity index (χ4n) is 2.74. The maximum absolute atomic E-state index is 12.4. The van der Waals surface area contributed by atoms with Crippen LogP contribution >= 0.6 is 0 Å². The predicted molar refractivity (Wildman–Crippen MR) is 62.3 cm³/mol. The zero-order valence-electron chi connectivity index (χ0n) is 10.3. The Bertz CT molecular complexity index is 262. The molecule has 0 radical (unpaired) electrons. The highest BCUT2D eigenvalue weighted by atomic mass is 16.5. The lowest BCUT2D eigenvalue weighted by atomic mass is 9.96. The van der Waals surface area contributed by atoms with Crippen molar-refractivity contribution in [1.29, 1.82) is 0 Å². The molecular weight excluding hydrogens is 204 g/mol. The van der Waals surface area contributed by atoms with Crippen molar-refractivity contribution >= 4 is 5.91 Å². The lowest BCUT2D eigenvalue weighted by Gasteiger charge is -2.37. The normalized spacial score (nSPS) is 35.4. The van der Waals surface area contributed by atoms with Gasteiger partial charge in [-0.1, -0.05) is 0 Å². The van der Waals surface area contributed by atoms with E-state index < -0.39 is 0 Å². The van der Waals surface area contributed by atoms with Crippen LogP contribution in [0.3, 0.4) is 0 Å². The van der Waals surface area contributed by atoms with Gasteiger partial charge in [-0.05, 0) is 39.2 Å². The smallest absolute Gasteiger partial charge is 0.242 e. The molecule has 0 aliphatic carbocycles. The van der Waals surface area contributed by atoms with Crippen molar-refractivity contribution in [3.05, 3.63) is 0 Å². The Morgan fingerprint density at radius 2 is 2.31 bits per heavy atom. The number of methoxy groups -OCH3 is 1. The standard InChI is InChI=1S/C12H22N2O2/c1-12(6-4-7-13-12)11(15)14-8-3-5-10(9-14)16-2/h10,13H,3-9H2,1-2H3. The Hall–Kier alpha value is -0.610. The zero-order chi connectivity index (χ0) is 11.6. The third-order valence-corrected chi connectivity index (χ3v) is 3.84. The Morgan fingerprint density at radius 3 is 2.94 bits per heavy atom. The topological polar surface area (TPSA) is 41.6 Å². The molecule has 0 bridgehead atoms. The molecule has 2 aliphatic heterocycles. The van der Waals surface area contributed by atoms with Crippen molar-refractivity contribution in [3.8, 4) is 0 Å². The largest absolute Gasteiger partial charge is 0.380 e. The summed E-state index contributed by atoms with van der Waals surface area (Å²) < 4.78 is 5.35. The Labute approximate surface area is 97.3 Å². The number of hydrogen-bond donors (Lipinski definition) is 1. The number of nitrogens with one attached hydrogen (secondary N) is 1. The number of nitrogens with zero attached hydrogens (tertiary/aromatic N) is 1. The van der Waals surface area contributed by atoms with Gasteiger partial charge in [-0.2, -0.15) is 0 Å². The van der Waals surface area contributed by atoms with Gasteiger partial charge in [0.05, 0.1) is 11.6 Å². The fourth-order valence-corrected chi connectivity index (χ4v) is 2.74. The van der Waals surface area contributed by atoms with Crippen LogP contribution in [0.25, 0.3) is 0 Å². The zero-order valence-corrected chi connectivity index (χ0v) is 10.3. The number of carbonyl (C=O) groups is 1. The molecule has 2 fully saturated rings. The van der Waals surface area contributed by atoms with Crippen LogP contribution < -0.4 is 5.32 Å². The molecule has 2 heterocycles. The van der Waals surface area contributed by atoms with Crippen molar-refractivity contribution in [1.82, 2.24) is 10.2 Å². The highest BCUT2D eigenvalue weighted by Crippen LogP contribution is 2.23. The van der Waals surface area contributed by atoms with Crippen LogP contribution in [0.4, 0.5) is 0 Å². The van der Waals surface area contributed by atoms with Gasteiger partial charge in [0.1, 0.15) is 0 Å². The van der Waals surface area contributed by atoms with E-state index in [1.54, 1.807) is 7.11 Å². The minimum atomic E-state index is -0.324. The van der Waals surface area contributed by atoms with Crippen LogP contribution in [-0.4, -0.2) is 49.2 Å². The Balaban J connectivity index is 1.98. The van der Waals surface area contributed by atoms with Crippen LogP contribution in [0, 0.1) is 0 Å². The predicted octanol–water partition coefficient (Wildman–Crippen LogP) is 0.766. The third kappa shape index (κ3) is 2.23. The number of amides is 1. The van der Waals surface area contributed by atoms with Gasteiger partial charge in [-0.15, -0.1) is 0 Å². The maximum Gasteiger partial charge on any atom is 0.242 e. The summed E-state index contributed by atoms with van der Waals surface area (Å²) in [5, 5.41) is 3.33. The molecule has 0 saturated carbocycles. The molecule has 0 spiro atoms. The molecule has 16 heavy (non-hydrogen) atoms. The van der Waals surface area contributed by atoms with Crippen LogP contribution in [0.1, 0.15) is 32.6 Å². The minimum Gasteiger partial charge on any atom is -0.380 e. The second-order valence-corrected chi connectivity index (χ2v) is 5.11. The first-order valence-electron chi connectivity index (χ1n) is 6.23. The molecule has 2 aliphatic rings. The Kier molecular flexibility index (Phi) is 3.50. The van der Waals surface area contributed by atoms with Crippen LogP contribution in [-0.2, 0) is 9.53 Å². The monoisotopic (exact) mass is 226 g/mol. The molecular formula is C12H22N2O2. The highest BCUT2D eigenvalue weighted by molar-refractivity contribution is 5.86. The fraction of sp³-hybridized carbons (Fsp3) is 0.917. The third-order valence-electron chi connectivity index (χ3n) is 3.84. The van der Waals surface area contributed by atoms with Gasteiger partial charge in [0, 0.05) is 20.2 Å². The molecule has 2 atom stereocenters. The molecule has 1 amide bonds. The minimum absolute atomic E-state index is 0.225. The average Bonchev–Trinajstić information content (AvgIpc) is 2.76. The second-order valence-electron chi connectivity index (χ2n) is 5.11. The number of likely N-dealkylation sites (tertiary alicyclic amines) is 1. The number of carbonyl (C=O) groups excluding carboxylic acids is 1. The molecule has 92 valence electrons. The first kappa shape index (κ1) is 11.9. The summed E-state index contributed by atoms with van der Waals surface area (Å²) in [7, 11) is 1.73. The van der Waals surface area contributed by atoms with Gasteiger partial charge in [0.25, 0.3) is 0 Å². The summed E-state index contributed by atoms with van der Waals surface area (Å²) in [6, 6.07) is 0. The molecule has 0 aromatic heterocycles. The number of piperidine rings is 1. The maximum atomic E-state index is 12.4.